The van der Waals surface area contributed by atoms with Crippen LogP contribution in [-0.2, 0) is 22.6 Å². The highest BCUT2D eigenvalue weighted by molar-refractivity contribution is 6.42. The highest BCUT2D eigenvalue weighted by atomic mass is 35.5. The summed E-state index contributed by atoms with van der Waals surface area (Å²) >= 11 is 12.2. The third kappa shape index (κ3) is 6.47. The molecular weight excluding hydrogens is 431 g/mol. The lowest BCUT2D eigenvalue weighted by molar-refractivity contribution is -0.140. The Morgan fingerprint density at radius 1 is 1.00 bits per heavy atom. The second-order valence-corrected chi connectivity index (χ2v) is 9.42. The van der Waals surface area contributed by atoms with Gasteiger partial charge >= 0.3 is 0 Å². The van der Waals surface area contributed by atoms with Crippen molar-refractivity contribution in [2.24, 2.45) is 0 Å². The number of carbonyl (C=O) groups is 2. The van der Waals surface area contributed by atoms with Crippen LogP contribution in [0.5, 0.6) is 0 Å². The molecule has 166 valence electrons. The second-order valence-electron chi connectivity index (χ2n) is 8.61. The van der Waals surface area contributed by atoms with Crippen molar-refractivity contribution in [3.63, 3.8) is 0 Å². The first-order valence-corrected chi connectivity index (χ1v) is 11.6. The van der Waals surface area contributed by atoms with Gasteiger partial charge in [-0.2, -0.15) is 0 Å². The average molecular weight is 461 g/mol. The molecule has 1 N–H and O–H groups in total. The normalized spacial score (nSPS) is 15.0. The molecule has 1 aliphatic rings. The highest BCUT2D eigenvalue weighted by Gasteiger charge is 2.28. The van der Waals surface area contributed by atoms with Gasteiger partial charge in [-0.1, -0.05) is 71.4 Å². The molecule has 3 rings (SSSR count). The zero-order chi connectivity index (χ0) is 22.5. The summed E-state index contributed by atoms with van der Waals surface area (Å²) in [6.45, 7) is 6.12. The summed E-state index contributed by atoms with van der Waals surface area (Å²) in [5, 5.41) is 4.02. The second kappa shape index (κ2) is 10.5. The van der Waals surface area contributed by atoms with Crippen LogP contribution in [0, 0.1) is 13.8 Å². The van der Waals surface area contributed by atoms with Gasteiger partial charge in [-0.15, -0.1) is 0 Å². The summed E-state index contributed by atoms with van der Waals surface area (Å²) in [5.41, 5.74) is 4.02. The summed E-state index contributed by atoms with van der Waals surface area (Å²) in [6, 6.07) is 11.0. The van der Waals surface area contributed by atoms with E-state index in [1.807, 2.05) is 32.0 Å². The van der Waals surface area contributed by atoms with Crippen molar-refractivity contribution >= 4 is 35.0 Å². The van der Waals surface area contributed by atoms with Gasteiger partial charge in [-0.05, 0) is 56.9 Å². The van der Waals surface area contributed by atoms with Crippen molar-refractivity contribution < 1.29 is 9.59 Å². The monoisotopic (exact) mass is 460 g/mol. The van der Waals surface area contributed by atoms with Crippen LogP contribution < -0.4 is 5.32 Å². The molecule has 2 aromatic rings. The number of aryl methyl sites for hydroxylation is 2. The van der Waals surface area contributed by atoms with Crippen LogP contribution in [0.4, 0.5) is 0 Å². The predicted octanol–water partition coefficient (Wildman–Crippen LogP) is 5.63. The lowest BCUT2D eigenvalue weighted by atomic mass is 10.0. The molecule has 0 saturated heterocycles. The molecule has 1 unspecified atom stereocenters. The fourth-order valence-corrected chi connectivity index (χ4v) is 4.58. The molecule has 1 aliphatic carbocycles. The Balaban J connectivity index is 1.81. The molecule has 2 amide bonds. The molecule has 1 atom stereocenters. The molecule has 1 fully saturated rings. The van der Waals surface area contributed by atoms with Crippen LogP contribution in [-0.4, -0.2) is 28.8 Å². The predicted molar refractivity (Wildman–Crippen MR) is 126 cm³/mol. The first-order chi connectivity index (χ1) is 14.7. The lowest BCUT2D eigenvalue weighted by Gasteiger charge is -2.30. The van der Waals surface area contributed by atoms with Gasteiger partial charge in [0.25, 0.3) is 0 Å². The summed E-state index contributed by atoms with van der Waals surface area (Å²) < 4.78 is 0. The minimum Gasteiger partial charge on any atom is -0.352 e. The Kier molecular flexibility index (Phi) is 8.01. The van der Waals surface area contributed by atoms with E-state index in [1.165, 1.54) is 0 Å². The molecule has 0 spiro atoms. The van der Waals surface area contributed by atoms with Gasteiger partial charge in [0.15, 0.2) is 0 Å². The van der Waals surface area contributed by atoms with Gasteiger partial charge in [-0.3, -0.25) is 9.59 Å². The summed E-state index contributed by atoms with van der Waals surface area (Å²) in [5.74, 6) is -0.203. The fourth-order valence-electron chi connectivity index (χ4n) is 4.26. The van der Waals surface area contributed by atoms with Crippen molar-refractivity contribution in [2.45, 2.75) is 71.5 Å². The van der Waals surface area contributed by atoms with Crippen LogP contribution in [0.3, 0.4) is 0 Å². The van der Waals surface area contributed by atoms with Crippen LogP contribution in [0.25, 0.3) is 0 Å². The van der Waals surface area contributed by atoms with Gasteiger partial charge in [0, 0.05) is 12.6 Å². The quantitative estimate of drug-likeness (QED) is 0.581. The Hall–Kier alpha value is -2.04. The Morgan fingerprint density at radius 2 is 1.65 bits per heavy atom. The molecule has 0 aromatic heterocycles. The van der Waals surface area contributed by atoms with E-state index in [0.29, 0.717) is 16.6 Å². The maximum atomic E-state index is 13.4. The number of rotatable bonds is 7. The Morgan fingerprint density at radius 3 is 2.26 bits per heavy atom. The third-order valence-corrected chi connectivity index (χ3v) is 6.58. The van der Waals surface area contributed by atoms with Crippen molar-refractivity contribution in [3.8, 4) is 0 Å². The standard InChI is InChI=1S/C25H30Cl2N2O2/c1-16-10-17(2)12-20(11-16)14-24(30)29(15-19-8-9-22(26)23(27)13-19)18(3)25(31)28-21-6-4-5-7-21/h8-13,18,21H,4-7,14-15H2,1-3H3,(H,28,31). The summed E-state index contributed by atoms with van der Waals surface area (Å²) in [6.07, 6.45) is 4.52. The molecule has 2 aromatic carbocycles. The molecule has 0 radical (unpaired) electrons. The van der Waals surface area contributed by atoms with Crippen LogP contribution in [0.2, 0.25) is 10.0 Å². The van der Waals surface area contributed by atoms with E-state index in [9.17, 15) is 9.59 Å². The SMILES string of the molecule is Cc1cc(C)cc(CC(=O)N(Cc2ccc(Cl)c(Cl)c2)C(C)C(=O)NC2CCCC2)c1. The highest BCUT2D eigenvalue weighted by Crippen LogP contribution is 2.24. The van der Waals surface area contributed by atoms with Crippen LogP contribution in [0.15, 0.2) is 36.4 Å². The van der Waals surface area contributed by atoms with Gasteiger partial charge < -0.3 is 10.2 Å². The minimum atomic E-state index is -0.589. The van der Waals surface area contributed by atoms with E-state index >= 15 is 0 Å². The van der Waals surface area contributed by atoms with Gasteiger partial charge in [-0.25, -0.2) is 0 Å². The van der Waals surface area contributed by atoms with Crippen molar-refractivity contribution in [1.82, 2.24) is 10.2 Å². The minimum absolute atomic E-state index is 0.0925. The van der Waals surface area contributed by atoms with Crippen molar-refractivity contribution in [1.29, 1.82) is 0 Å². The Bertz CT molecular complexity index is 934. The van der Waals surface area contributed by atoms with E-state index in [2.05, 4.69) is 11.4 Å². The number of amides is 2. The molecule has 0 bridgehead atoms. The topological polar surface area (TPSA) is 49.4 Å². The third-order valence-electron chi connectivity index (χ3n) is 5.84. The van der Waals surface area contributed by atoms with Crippen LogP contribution >= 0.6 is 23.2 Å². The largest absolute Gasteiger partial charge is 0.352 e. The number of carbonyl (C=O) groups excluding carboxylic acids is 2. The maximum Gasteiger partial charge on any atom is 0.242 e. The van der Waals surface area contributed by atoms with E-state index < -0.39 is 6.04 Å². The molecule has 0 aliphatic heterocycles. The molecule has 1 saturated carbocycles. The number of nitrogens with one attached hydrogen (secondary N) is 1. The smallest absolute Gasteiger partial charge is 0.242 e. The Labute approximate surface area is 194 Å². The van der Waals surface area contributed by atoms with E-state index in [0.717, 1.165) is 47.9 Å². The first kappa shape index (κ1) is 23.6. The summed E-state index contributed by atoms with van der Waals surface area (Å²) in [4.78, 5) is 28.0. The van der Waals surface area contributed by atoms with Gasteiger partial charge in [0.05, 0.1) is 16.5 Å². The molecule has 4 nitrogen and oxygen atoms in total. The van der Waals surface area contributed by atoms with E-state index in [1.54, 1.807) is 24.0 Å². The van der Waals surface area contributed by atoms with Crippen LogP contribution in [0.1, 0.15) is 54.9 Å². The van der Waals surface area contributed by atoms with Gasteiger partial charge in [0.2, 0.25) is 11.8 Å². The first-order valence-electron chi connectivity index (χ1n) is 10.8. The molecular formula is C25H30Cl2N2O2. The number of halogens is 2. The molecule has 6 heteroatoms. The fraction of sp³-hybridized carbons (Fsp3) is 0.440. The number of benzene rings is 2. The molecule has 31 heavy (non-hydrogen) atoms. The zero-order valence-corrected chi connectivity index (χ0v) is 19.9. The number of hydrogen-bond acceptors (Lipinski definition) is 2. The zero-order valence-electron chi connectivity index (χ0n) is 18.4. The van der Waals surface area contributed by atoms with Gasteiger partial charge in [0.1, 0.15) is 6.04 Å². The maximum absolute atomic E-state index is 13.4. The summed E-state index contributed by atoms with van der Waals surface area (Å²) in [7, 11) is 0. The number of hydrogen-bond donors (Lipinski definition) is 1. The van der Waals surface area contributed by atoms with E-state index in [-0.39, 0.29) is 24.3 Å². The van der Waals surface area contributed by atoms with E-state index in [4.69, 9.17) is 23.2 Å². The van der Waals surface area contributed by atoms with Crippen molar-refractivity contribution in [3.05, 3.63) is 68.7 Å². The lowest BCUT2D eigenvalue weighted by Crippen LogP contribution is -2.50. The number of nitrogens with zero attached hydrogens (tertiary/aromatic N) is 1. The van der Waals surface area contributed by atoms with Crippen molar-refractivity contribution in [2.75, 3.05) is 0 Å². The average Bonchev–Trinajstić information content (AvgIpc) is 3.20. The molecule has 0 heterocycles.